The molecule has 0 fully saturated rings. The molecule has 0 unspecified atom stereocenters. The molecule has 0 atom stereocenters. The Morgan fingerprint density at radius 1 is 1.20 bits per heavy atom. The van der Waals surface area contributed by atoms with Crippen LogP contribution >= 0.6 is 0 Å². The fraction of sp³-hybridized carbons (Fsp3) is 0.583. The van der Waals surface area contributed by atoms with Crippen LogP contribution in [0.3, 0.4) is 0 Å². The van der Waals surface area contributed by atoms with Gasteiger partial charge in [-0.2, -0.15) is 13.2 Å². The maximum absolute atomic E-state index is 12.5. The lowest BCUT2D eigenvalue weighted by Gasteiger charge is -2.11. The summed E-state index contributed by atoms with van der Waals surface area (Å²) in [7, 11) is 1.57. The van der Waals surface area contributed by atoms with Crippen LogP contribution in [0.2, 0.25) is 0 Å². The fourth-order valence-corrected chi connectivity index (χ4v) is 1.31. The van der Waals surface area contributed by atoms with Gasteiger partial charge in [-0.05, 0) is 0 Å². The summed E-state index contributed by atoms with van der Waals surface area (Å²) in [6.45, 7) is 1.60. The zero-order chi connectivity index (χ0) is 15.0. The van der Waals surface area contributed by atoms with Gasteiger partial charge < -0.3 is 19.9 Å². The Bertz CT molecular complexity index is 413. The van der Waals surface area contributed by atoms with Crippen molar-refractivity contribution in [3.63, 3.8) is 0 Å². The van der Waals surface area contributed by atoms with Gasteiger partial charge >= 0.3 is 6.18 Å². The predicted molar refractivity (Wildman–Crippen MR) is 66.5 cm³/mol. The minimum Gasteiger partial charge on any atom is -0.491 e. The highest BCUT2D eigenvalue weighted by molar-refractivity contribution is 5.51. The van der Waals surface area contributed by atoms with Crippen LogP contribution in [0.15, 0.2) is 12.3 Å². The van der Waals surface area contributed by atoms with Gasteiger partial charge in [-0.1, -0.05) is 0 Å². The molecular weight excluding hydrogens is 277 g/mol. The Morgan fingerprint density at radius 2 is 1.95 bits per heavy atom. The number of hydrogen-bond donors (Lipinski definition) is 1. The van der Waals surface area contributed by atoms with Crippen LogP contribution in [0.4, 0.5) is 18.9 Å². The van der Waals surface area contributed by atoms with Gasteiger partial charge in [-0.15, -0.1) is 0 Å². The Kier molecular flexibility index (Phi) is 6.53. The first-order valence-corrected chi connectivity index (χ1v) is 5.97. The molecule has 1 aromatic heterocycles. The van der Waals surface area contributed by atoms with Crippen molar-refractivity contribution in [3.8, 4) is 5.75 Å². The number of ether oxygens (including phenoxy) is 3. The number of methoxy groups -OCH3 is 1. The maximum atomic E-state index is 12.5. The van der Waals surface area contributed by atoms with Gasteiger partial charge in [0.1, 0.15) is 11.4 Å². The largest absolute Gasteiger partial charge is 0.491 e. The molecule has 0 radical (unpaired) electrons. The lowest BCUT2D eigenvalue weighted by molar-refractivity contribution is -0.141. The summed E-state index contributed by atoms with van der Waals surface area (Å²) in [6, 6.07) is 0.793. The molecule has 8 heteroatoms. The van der Waals surface area contributed by atoms with E-state index in [4.69, 9.17) is 19.9 Å². The molecule has 1 aromatic rings. The summed E-state index contributed by atoms with van der Waals surface area (Å²) in [4.78, 5) is 3.22. The number of halogens is 3. The minimum absolute atomic E-state index is 0.0239. The number of nitrogens with two attached hydrogens (primary N) is 1. The van der Waals surface area contributed by atoms with E-state index in [9.17, 15) is 13.2 Å². The first kappa shape index (κ1) is 16.5. The van der Waals surface area contributed by atoms with Crippen molar-refractivity contribution in [2.75, 3.05) is 39.3 Å². The number of anilines is 1. The molecule has 0 saturated carbocycles. The topological polar surface area (TPSA) is 66.6 Å². The van der Waals surface area contributed by atoms with Gasteiger partial charge in [-0.3, -0.25) is 0 Å². The molecule has 5 nitrogen and oxygen atoms in total. The monoisotopic (exact) mass is 294 g/mol. The second kappa shape index (κ2) is 7.91. The van der Waals surface area contributed by atoms with Crippen molar-refractivity contribution in [2.24, 2.45) is 0 Å². The number of rotatable bonds is 8. The predicted octanol–water partition coefficient (Wildman–Crippen LogP) is 2.11. The SMILES string of the molecule is COCCOCCCOc1cc(C(F)(F)F)ncc1N. The van der Waals surface area contributed by atoms with Crippen LogP contribution in [0.25, 0.3) is 0 Å². The average Bonchev–Trinajstić information content (AvgIpc) is 2.38. The second-order valence-corrected chi connectivity index (χ2v) is 3.91. The molecule has 0 aliphatic rings. The number of pyridine rings is 1. The molecule has 0 saturated heterocycles. The quantitative estimate of drug-likeness (QED) is 0.744. The zero-order valence-corrected chi connectivity index (χ0v) is 11.1. The van der Waals surface area contributed by atoms with E-state index in [0.29, 0.717) is 26.2 Å². The van der Waals surface area contributed by atoms with Crippen LogP contribution in [0.1, 0.15) is 12.1 Å². The Labute approximate surface area is 114 Å². The molecule has 1 rings (SSSR count). The van der Waals surface area contributed by atoms with Crippen molar-refractivity contribution < 1.29 is 27.4 Å². The van der Waals surface area contributed by atoms with Crippen molar-refractivity contribution in [2.45, 2.75) is 12.6 Å². The molecular formula is C12H17F3N2O3. The summed E-state index contributed by atoms with van der Waals surface area (Å²) < 4.78 is 52.6. The molecule has 1 heterocycles. The van der Waals surface area contributed by atoms with Gasteiger partial charge in [0, 0.05) is 26.2 Å². The molecule has 0 bridgehead atoms. The average molecular weight is 294 g/mol. The minimum atomic E-state index is -4.52. The van der Waals surface area contributed by atoms with Gasteiger partial charge in [0.2, 0.25) is 0 Å². The zero-order valence-electron chi connectivity index (χ0n) is 11.1. The third kappa shape index (κ3) is 5.62. The standard InChI is InChI=1S/C12H17F3N2O3/c1-18-5-6-19-3-2-4-20-10-7-11(12(13,14)15)17-8-9(10)16/h7-8H,2-6,16H2,1H3. The van der Waals surface area contributed by atoms with E-state index >= 15 is 0 Å². The molecule has 2 N–H and O–H groups in total. The second-order valence-electron chi connectivity index (χ2n) is 3.91. The summed E-state index contributed by atoms with van der Waals surface area (Å²) in [5, 5.41) is 0. The van der Waals surface area contributed by atoms with Gasteiger partial charge in [0.05, 0.1) is 31.7 Å². The number of nitrogens with zero attached hydrogens (tertiary/aromatic N) is 1. The Morgan fingerprint density at radius 3 is 2.60 bits per heavy atom. The van der Waals surface area contributed by atoms with Gasteiger partial charge in [-0.25, -0.2) is 4.98 Å². The van der Waals surface area contributed by atoms with Crippen LogP contribution in [0.5, 0.6) is 5.75 Å². The molecule has 0 amide bonds. The van der Waals surface area contributed by atoms with Crippen LogP contribution in [0, 0.1) is 0 Å². The van der Waals surface area contributed by atoms with Crippen molar-refractivity contribution in [1.82, 2.24) is 4.98 Å². The summed E-state index contributed by atoms with van der Waals surface area (Å²) in [5.41, 5.74) is 4.55. The van der Waals surface area contributed by atoms with Crippen LogP contribution < -0.4 is 10.5 Å². The summed E-state index contributed by atoms with van der Waals surface area (Å²) in [6.07, 6.45) is -3.05. The van der Waals surface area contributed by atoms with Crippen LogP contribution in [-0.4, -0.2) is 38.5 Å². The smallest absolute Gasteiger partial charge is 0.433 e. The van der Waals surface area contributed by atoms with Crippen molar-refractivity contribution in [3.05, 3.63) is 18.0 Å². The Hall–Kier alpha value is -1.54. The van der Waals surface area contributed by atoms with E-state index in [0.717, 1.165) is 12.3 Å². The number of alkyl halides is 3. The molecule has 0 aliphatic carbocycles. The maximum Gasteiger partial charge on any atom is 0.433 e. The van der Waals surface area contributed by atoms with Crippen molar-refractivity contribution >= 4 is 5.69 Å². The third-order valence-electron chi connectivity index (χ3n) is 2.31. The fourth-order valence-electron chi connectivity index (χ4n) is 1.31. The lowest BCUT2D eigenvalue weighted by atomic mass is 10.3. The first-order valence-electron chi connectivity index (χ1n) is 5.97. The van der Waals surface area contributed by atoms with E-state index in [1.807, 2.05) is 0 Å². The van der Waals surface area contributed by atoms with E-state index in [1.54, 1.807) is 7.11 Å². The number of hydrogen-bond acceptors (Lipinski definition) is 5. The molecule has 20 heavy (non-hydrogen) atoms. The highest BCUT2D eigenvalue weighted by Crippen LogP contribution is 2.32. The Balaban J connectivity index is 2.40. The third-order valence-corrected chi connectivity index (χ3v) is 2.31. The van der Waals surface area contributed by atoms with Gasteiger partial charge in [0.15, 0.2) is 0 Å². The summed E-state index contributed by atoms with van der Waals surface area (Å²) in [5.74, 6) is -0.0239. The molecule has 0 aliphatic heterocycles. The van der Waals surface area contributed by atoms with Crippen LogP contribution in [-0.2, 0) is 15.7 Å². The molecule has 0 spiro atoms. The molecule has 114 valence electrons. The van der Waals surface area contributed by atoms with Crippen molar-refractivity contribution in [1.29, 1.82) is 0 Å². The van der Waals surface area contributed by atoms with Gasteiger partial charge in [0.25, 0.3) is 0 Å². The first-order chi connectivity index (χ1) is 9.45. The lowest BCUT2D eigenvalue weighted by Crippen LogP contribution is -2.11. The van der Waals surface area contributed by atoms with E-state index in [1.165, 1.54) is 0 Å². The molecule has 0 aromatic carbocycles. The highest BCUT2D eigenvalue weighted by Gasteiger charge is 2.33. The van der Waals surface area contributed by atoms with E-state index in [2.05, 4.69) is 4.98 Å². The van der Waals surface area contributed by atoms with E-state index < -0.39 is 11.9 Å². The summed E-state index contributed by atoms with van der Waals surface area (Å²) >= 11 is 0. The highest BCUT2D eigenvalue weighted by atomic mass is 19.4. The number of aromatic nitrogens is 1. The van der Waals surface area contributed by atoms with E-state index in [-0.39, 0.29) is 18.0 Å². The number of nitrogen functional groups attached to an aromatic ring is 1. The normalized spacial score (nSPS) is 11.6.